The van der Waals surface area contributed by atoms with Crippen LogP contribution in [-0.4, -0.2) is 18.0 Å². The monoisotopic (exact) mass is 454 g/mol. The SMILES string of the molecule is Nc1c(N=Nc2ccc(-c3nccc4ccccc34)cc2)cc(S(=O)(=O)O)c2ccccc12. The number of nitrogens with zero attached hydrogens (tertiary/aromatic N) is 3. The molecule has 33 heavy (non-hydrogen) atoms. The molecule has 162 valence electrons. The predicted molar refractivity (Wildman–Crippen MR) is 130 cm³/mol. The van der Waals surface area contributed by atoms with Gasteiger partial charge in [-0.2, -0.15) is 13.5 Å². The predicted octanol–water partition coefficient (Wildman–Crippen LogP) is 6.30. The molecule has 0 fully saturated rings. The first-order chi connectivity index (χ1) is 15.9. The van der Waals surface area contributed by atoms with Crippen molar-refractivity contribution in [2.24, 2.45) is 10.2 Å². The molecule has 0 atom stereocenters. The maximum absolute atomic E-state index is 11.9. The summed E-state index contributed by atoms with van der Waals surface area (Å²) in [6.45, 7) is 0. The van der Waals surface area contributed by atoms with Crippen molar-refractivity contribution < 1.29 is 13.0 Å². The first kappa shape index (κ1) is 20.7. The number of azo groups is 1. The lowest BCUT2D eigenvalue weighted by Crippen LogP contribution is -2.01. The van der Waals surface area contributed by atoms with Gasteiger partial charge in [-0.25, -0.2) is 0 Å². The molecule has 4 aromatic carbocycles. The van der Waals surface area contributed by atoms with Gasteiger partial charge in [-0.05, 0) is 29.7 Å². The highest BCUT2D eigenvalue weighted by Gasteiger charge is 2.18. The van der Waals surface area contributed by atoms with Crippen LogP contribution in [0.4, 0.5) is 17.1 Å². The zero-order valence-corrected chi connectivity index (χ0v) is 18.1. The summed E-state index contributed by atoms with van der Waals surface area (Å²) in [6.07, 6.45) is 1.78. The van der Waals surface area contributed by atoms with Gasteiger partial charge in [0.1, 0.15) is 10.6 Å². The van der Waals surface area contributed by atoms with E-state index >= 15 is 0 Å². The largest absolute Gasteiger partial charge is 0.396 e. The first-order valence-corrected chi connectivity index (χ1v) is 11.5. The van der Waals surface area contributed by atoms with Crippen molar-refractivity contribution in [3.05, 3.63) is 91.1 Å². The summed E-state index contributed by atoms with van der Waals surface area (Å²) in [7, 11) is -4.47. The van der Waals surface area contributed by atoms with E-state index in [9.17, 15) is 13.0 Å². The molecule has 0 amide bonds. The molecule has 0 radical (unpaired) electrons. The van der Waals surface area contributed by atoms with Gasteiger partial charge in [0, 0.05) is 27.9 Å². The quantitative estimate of drug-likeness (QED) is 0.188. The van der Waals surface area contributed by atoms with Crippen molar-refractivity contribution in [3.8, 4) is 11.3 Å². The number of anilines is 1. The molecule has 0 saturated carbocycles. The van der Waals surface area contributed by atoms with Crippen molar-refractivity contribution in [2.75, 3.05) is 5.73 Å². The fourth-order valence-corrected chi connectivity index (χ4v) is 4.51. The Labute approximate surface area is 190 Å². The number of hydrogen-bond donors (Lipinski definition) is 2. The minimum atomic E-state index is -4.47. The van der Waals surface area contributed by atoms with Crippen molar-refractivity contribution in [1.82, 2.24) is 4.98 Å². The lowest BCUT2D eigenvalue weighted by atomic mass is 10.0. The van der Waals surface area contributed by atoms with Gasteiger partial charge in [0.15, 0.2) is 0 Å². The Hall–Kier alpha value is -4.14. The van der Waals surface area contributed by atoms with Crippen LogP contribution in [0.1, 0.15) is 0 Å². The number of pyridine rings is 1. The van der Waals surface area contributed by atoms with Gasteiger partial charge in [-0.1, -0.05) is 60.7 Å². The summed E-state index contributed by atoms with van der Waals surface area (Å²) in [5, 5.41) is 11.3. The van der Waals surface area contributed by atoms with Gasteiger partial charge in [-0.3, -0.25) is 9.54 Å². The van der Waals surface area contributed by atoms with E-state index in [0.717, 1.165) is 22.0 Å². The Morgan fingerprint density at radius 3 is 2.18 bits per heavy atom. The van der Waals surface area contributed by atoms with Gasteiger partial charge in [0.05, 0.1) is 17.1 Å². The summed E-state index contributed by atoms with van der Waals surface area (Å²) in [5.74, 6) is 0. The molecule has 0 spiro atoms. The molecule has 1 aromatic heterocycles. The Morgan fingerprint density at radius 2 is 1.45 bits per heavy atom. The zero-order valence-electron chi connectivity index (χ0n) is 17.3. The van der Waals surface area contributed by atoms with Gasteiger partial charge >= 0.3 is 0 Å². The Morgan fingerprint density at radius 1 is 0.788 bits per heavy atom. The zero-order chi connectivity index (χ0) is 23.0. The van der Waals surface area contributed by atoms with Crippen molar-refractivity contribution in [3.63, 3.8) is 0 Å². The lowest BCUT2D eigenvalue weighted by molar-refractivity contribution is 0.484. The minimum absolute atomic E-state index is 0.154. The topological polar surface area (TPSA) is 118 Å². The van der Waals surface area contributed by atoms with Crippen LogP contribution in [-0.2, 0) is 10.1 Å². The normalized spacial score (nSPS) is 12.0. The highest BCUT2D eigenvalue weighted by molar-refractivity contribution is 7.86. The number of aromatic nitrogens is 1. The number of nitrogen functional groups attached to an aromatic ring is 1. The molecule has 7 nitrogen and oxygen atoms in total. The lowest BCUT2D eigenvalue weighted by Gasteiger charge is -2.09. The van der Waals surface area contributed by atoms with Crippen LogP contribution >= 0.6 is 0 Å². The molecule has 0 unspecified atom stereocenters. The standard InChI is InChI=1S/C25H18N4O3S/c26-24-21-8-4-3-7-20(21)23(33(30,31)32)15-22(24)29-28-18-11-9-17(10-12-18)25-19-6-2-1-5-16(19)13-14-27-25/h1-15H,26H2,(H,30,31,32). The molecular formula is C25H18N4O3S. The Bertz CT molecular complexity index is 1640. The van der Waals surface area contributed by atoms with E-state index in [1.165, 1.54) is 6.07 Å². The second-order valence-corrected chi connectivity index (χ2v) is 8.85. The molecule has 1 heterocycles. The van der Waals surface area contributed by atoms with Crippen molar-refractivity contribution in [1.29, 1.82) is 0 Å². The van der Waals surface area contributed by atoms with Crippen molar-refractivity contribution >= 4 is 48.7 Å². The van der Waals surface area contributed by atoms with Gasteiger partial charge in [-0.15, -0.1) is 5.11 Å². The molecule has 0 bridgehead atoms. The first-order valence-electron chi connectivity index (χ1n) is 10.1. The summed E-state index contributed by atoms with van der Waals surface area (Å²) in [4.78, 5) is 4.26. The van der Waals surface area contributed by atoms with E-state index < -0.39 is 10.1 Å². The minimum Gasteiger partial charge on any atom is -0.396 e. The fourth-order valence-electron chi connectivity index (χ4n) is 3.79. The van der Waals surface area contributed by atoms with E-state index in [2.05, 4.69) is 15.2 Å². The molecular weight excluding hydrogens is 436 g/mol. The number of rotatable bonds is 4. The Kier molecular flexibility index (Phi) is 5.08. The number of nitrogens with two attached hydrogens (primary N) is 1. The Balaban J connectivity index is 1.52. The number of fused-ring (bicyclic) bond motifs is 2. The number of benzene rings is 4. The maximum atomic E-state index is 11.9. The molecule has 0 aliphatic rings. The molecule has 3 N–H and O–H groups in total. The third-order valence-corrected chi connectivity index (χ3v) is 6.29. The van der Waals surface area contributed by atoms with E-state index in [1.54, 1.807) is 42.6 Å². The average molecular weight is 455 g/mol. The molecule has 8 heteroatoms. The fraction of sp³-hybridized carbons (Fsp3) is 0. The summed E-state index contributed by atoms with van der Waals surface area (Å²) in [6, 6.07) is 25.3. The van der Waals surface area contributed by atoms with E-state index in [0.29, 0.717) is 16.5 Å². The third-order valence-electron chi connectivity index (χ3n) is 5.39. The van der Waals surface area contributed by atoms with Crippen LogP contribution in [0.25, 0.3) is 32.8 Å². The van der Waals surface area contributed by atoms with Gasteiger partial charge < -0.3 is 5.73 Å². The molecule has 0 saturated heterocycles. The molecule has 5 rings (SSSR count). The highest BCUT2D eigenvalue weighted by Crippen LogP contribution is 2.37. The van der Waals surface area contributed by atoms with Crippen LogP contribution in [0.2, 0.25) is 0 Å². The van der Waals surface area contributed by atoms with E-state index in [4.69, 9.17) is 5.73 Å². The summed E-state index contributed by atoms with van der Waals surface area (Å²) >= 11 is 0. The van der Waals surface area contributed by atoms with E-state index in [-0.39, 0.29) is 16.3 Å². The number of hydrogen-bond acceptors (Lipinski definition) is 6. The highest BCUT2D eigenvalue weighted by atomic mass is 32.2. The van der Waals surface area contributed by atoms with Crippen LogP contribution in [0, 0.1) is 0 Å². The molecule has 0 aliphatic carbocycles. The van der Waals surface area contributed by atoms with Crippen LogP contribution in [0.5, 0.6) is 0 Å². The van der Waals surface area contributed by atoms with Gasteiger partial charge in [0.25, 0.3) is 10.1 Å². The van der Waals surface area contributed by atoms with Gasteiger partial charge in [0.2, 0.25) is 0 Å². The molecule has 5 aromatic rings. The smallest absolute Gasteiger partial charge is 0.295 e. The van der Waals surface area contributed by atoms with Crippen LogP contribution in [0.15, 0.2) is 106 Å². The molecule has 0 aliphatic heterocycles. The average Bonchev–Trinajstić information content (AvgIpc) is 2.83. The third kappa shape index (κ3) is 3.93. The second kappa shape index (κ2) is 8.09. The van der Waals surface area contributed by atoms with Crippen LogP contribution < -0.4 is 5.73 Å². The van der Waals surface area contributed by atoms with Crippen LogP contribution in [0.3, 0.4) is 0 Å². The summed E-state index contributed by atoms with van der Waals surface area (Å²) < 4.78 is 33.4. The summed E-state index contributed by atoms with van der Waals surface area (Å²) in [5.41, 5.74) is 9.00. The maximum Gasteiger partial charge on any atom is 0.295 e. The second-order valence-electron chi connectivity index (χ2n) is 7.46. The van der Waals surface area contributed by atoms with E-state index in [1.807, 2.05) is 42.5 Å². The van der Waals surface area contributed by atoms with Crippen molar-refractivity contribution in [2.45, 2.75) is 4.90 Å².